The predicted molar refractivity (Wildman–Crippen MR) is 102 cm³/mol. The third kappa shape index (κ3) is 4.46. The van der Waals surface area contributed by atoms with Crippen LogP contribution in [-0.2, 0) is 14.8 Å². The van der Waals surface area contributed by atoms with E-state index in [0.717, 1.165) is 12.0 Å². The maximum Gasteiger partial charge on any atom is 0.261 e. The van der Waals surface area contributed by atoms with Gasteiger partial charge in [0.1, 0.15) is 0 Å². The Bertz CT molecular complexity index is 934. The molecule has 142 valence electrons. The largest absolute Gasteiger partial charge is 0.342 e. The summed E-state index contributed by atoms with van der Waals surface area (Å²) < 4.78 is 27.6. The highest BCUT2D eigenvalue weighted by atomic mass is 32.2. The number of aryl methyl sites for hydroxylation is 1. The molecular weight excluding hydrogens is 366 g/mol. The molecule has 0 unspecified atom stereocenters. The van der Waals surface area contributed by atoms with E-state index in [1.54, 1.807) is 52.3 Å². The summed E-state index contributed by atoms with van der Waals surface area (Å²) in [4.78, 5) is 26.9. The molecular formula is C19H21N3O4S. The van der Waals surface area contributed by atoms with Gasteiger partial charge in [-0.25, -0.2) is 8.42 Å². The van der Waals surface area contributed by atoms with E-state index in [4.69, 9.17) is 0 Å². The number of rotatable bonds is 5. The second-order valence-electron chi connectivity index (χ2n) is 6.43. The summed E-state index contributed by atoms with van der Waals surface area (Å²) in [5.74, 6) is -0.183. The maximum absolute atomic E-state index is 12.7. The number of hydrogen-bond acceptors (Lipinski definition) is 4. The molecule has 0 radical (unpaired) electrons. The SMILES string of the molecule is Cc1ccc(S(=O)(=O)Nc2cccc(C(=O)N3CCN(C=O)CC3)c2)cc1. The first-order valence-electron chi connectivity index (χ1n) is 8.57. The Morgan fingerprint density at radius 1 is 1.04 bits per heavy atom. The van der Waals surface area contributed by atoms with Crippen LogP contribution in [0.15, 0.2) is 53.4 Å². The smallest absolute Gasteiger partial charge is 0.261 e. The summed E-state index contributed by atoms with van der Waals surface area (Å²) in [6.45, 7) is 3.78. The van der Waals surface area contributed by atoms with E-state index >= 15 is 0 Å². The van der Waals surface area contributed by atoms with Gasteiger partial charge in [0.15, 0.2) is 0 Å². The van der Waals surface area contributed by atoms with Gasteiger partial charge in [-0.05, 0) is 37.3 Å². The van der Waals surface area contributed by atoms with Crippen LogP contribution in [0.5, 0.6) is 0 Å². The number of sulfonamides is 1. The Labute approximate surface area is 158 Å². The molecule has 0 atom stereocenters. The molecule has 7 nitrogen and oxygen atoms in total. The Kier molecular flexibility index (Phi) is 5.46. The molecule has 1 aliphatic heterocycles. The second kappa shape index (κ2) is 7.79. The number of carbonyl (C=O) groups is 2. The second-order valence-corrected chi connectivity index (χ2v) is 8.12. The van der Waals surface area contributed by atoms with Crippen molar-refractivity contribution < 1.29 is 18.0 Å². The highest BCUT2D eigenvalue weighted by Gasteiger charge is 2.22. The lowest BCUT2D eigenvalue weighted by atomic mass is 10.1. The summed E-state index contributed by atoms with van der Waals surface area (Å²) >= 11 is 0. The molecule has 0 aliphatic carbocycles. The third-order valence-electron chi connectivity index (χ3n) is 4.44. The van der Waals surface area contributed by atoms with Crippen molar-refractivity contribution >= 4 is 28.0 Å². The summed E-state index contributed by atoms with van der Waals surface area (Å²) in [5.41, 5.74) is 1.70. The molecule has 8 heteroatoms. The van der Waals surface area contributed by atoms with Gasteiger partial charge in [-0.1, -0.05) is 23.8 Å². The van der Waals surface area contributed by atoms with E-state index in [9.17, 15) is 18.0 Å². The molecule has 1 saturated heterocycles. The zero-order chi connectivity index (χ0) is 19.4. The molecule has 1 heterocycles. The fourth-order valence-corrected chi connectivity index (χ4v) is 3.91. The molecule has 1 fully saturated rings. The summed E-state index contributed by atoms with van der Waals surface area (Å²) in [7, 11) is -3.73. The molecule has 2 aromatic rings. The lowest BCUT2D eigenvalue weighted by Crippen LogP contribution is -2.48. The van der Waals surface area contributed by atoms with Crippen LogP contribution in [0.2, 0.25) is 0 Å². The topological polar surface area (TPSA) is 86.8 Å². The van der Waals surface area contributed by atoms with Gasteiger partial charge in [-0.3, -0.25) is 14.3 Å². The predicted octanol–water partition coefficient (Wildman–Crippen LogP) is 1.71. The minimum absolute atomic E-state index is 0.162. The minimum Gasteiger partial charge on any atom is -0.342 e. The van der Waals surface area contributed by atoms with E-state index in [-0.39, 0.29) is 10.8 Å². The average Bonchev–Trinajstić information content (AvgIpc) is 2.67. The number of benzene rings is 2. The number of anilines is 1. The summed E-state index contributed by atoms with van der Waals surface area (Å²) in [5, 5.41) is 0. The zero-order valence-electron chi connectivity index (χ0n) is 15.0. The maximum atomic E-state index is 12.7. The van der Waals surface area contributed by atoms with Crippen LogP contribution >= 0.6 is 0 Å². The first kappa shape index (κ1) is 18.9. The van der Waals surface area contributed by atoms with Crippen molar-refractivity contribution in [3.63, 3.8) is 0 Å². The monoisotopic (exact) mass is 387 g/mol. The van der Waals surface area contributed by atoms with Gasteiger partial charge >= 0.3 is 0 Å². The Morgan fingerprint density at radius 2 is 1.70 bits per heavy atom. The molecule has 27 heavy (non-hydrogen) atoms. The van der Waals surface area contributed by atoms with E-state index in [1.807, 2.05) is 6.92 Å². The molecule has 0 saturated carbocycles. The summed E-state index contributed by atoms with van der Waals surface area (Å²) in [6.07, 6.45) is 0.780. The molecule has 0 bridgehead atoms. The lowest BCUT2D eigenvalue weighted by molar-refractivity contribution is -0.119. The van der Waals surface area contributed by atoms with Crippen molar-refractivity contribution in [3.05, 3.63) is 59.7 Å². The molecule has 2 aromatic carbocycles. The van der Waals surface area contributed by atoms with Gasteiger partial charge in [0.05, 0.1) is 4.90 Å². The highest BCUT2D eigenvalue weighted by molar-refractivity contribution is 7.92. The van der Waals surface area contributed by atoms with Gasteiger partial charge in [-0.15, -0.1) is 0 Å². The van der Waals surface area contributed by atoms with Crippen LogP contribution in [-0.4, -0.2) is 56.7 Å². The van der Waals surface area contributed by atoms with Crippen LogP contribution in [0.25, 0.3) is 0 Å². The Balaban J connectivity index is 1.74. The van der Waals surface area contributed by atoms with E-state index in [1.165, 1.54) is 6.07 Å². The number of carbonyl (C=O) groups excluding carboxylic acids is 2. The highest BCUT2D eigenvalue weighted by Crippen LogP contribution is 2.19. The number of piperazine rings is 1. The van der Waals surface area contributed by atoms with Crippen LogP contribution in [0.3, 0.4) is 0 Å². The van der Waals surface area contributed by atoms with E-state index in [0.29, 0.717) is 37.4 Å². The lowest BCUT2D eigenvalue weighted by Gasteiger charge is -2.32. The average molecular weight is 387 g/mol. The summed E-state index contributed by atoms with van der Waals surface area (Å²) in [6, 6.07) is 13.0. The van der Waals surface area contributed by atoms with E-state index < -0.39 is 10.0 Å². The van der Waals surface area contributed by atoms with Gasteiger partial charge in [0.25, 0.3) is 15.9 Å². The number of hydrogen-bond donors (Lipinski definition) is 1. The minimum atomic E-state index is -3.73. The van der Waals surface area contributed by atoms with Gasteiger partial charge in [0.2, 0.25) is 6.41 Å². The van der Waals surface area contributed by atoms with Crippen molar-refractivity contribution in [3.8, 4) is 0 Å². The molecule has 1 aliphatic rings. The number of nitrogens with one attached hydrogen (secondary N) is 1. The molecule has 2 amide bonds. The molecule has 0 spiro atoms. The fourth-order valence-electron chi connectivity index (χ4n) is 2.86. The third-order valence-corrected chi connectivity index (χ3v) is 5.84. The van der Waals surface area contributed by atoms with Crippen molar-refractivity contribution in [2.24, 2.45) is 0 Å². The van der Waals surface area contributed by atoms with Crippen LogP contribution in [0.1, 0.15) is 15.9 Å². The number of amides is 2. The van der Waals surface area contributed by atoms with E-state index in [2.05, 4.69) is 4.72 Å². The zero-order valence-corrected chi connectivity index (χ0v) is 15.8. The molecule has 0 aromatic heterocycles. The van der Waals surface area contributed by atoms with Crippen LogP contribution < -0.4 is 4.72 Å². The first-order chi connectivity index (χ1) is 12.9. The van der Waals surface area contributed by atoms with Crippen LogP contribution in [0.4, 0.5) is 5.69 Å². The number of nitrogens with zero attached hydrogens (tertiary/aromatic N) is 2. The molecule has 3 rings (SSSR count). The molecule has 1 N–H and O–H groups in total. The van der Waals surface area contributed by atoms with Gasteiger partial charge in [0, 0.05) is 37.4 Å². The first-order valence-corrected chi connectivity index (χ1v) is 10.1. The quantitative estimate of drug-likeness (QED) is 0.792. The van der Waals surface area contributed by atoms with Crippen molar-refractivity contribution in [1.82, 2.24) is 9.80 Å². The Hall–Kier alpha value is -2.87. The normalized spacial score (nSPS) is 14.7. The van der Waals surface area contributed by atoms with Crippen LogP contribution in [0, 0.1) is 6.92 Å². The Morgan fingerprint density at radius 3 is 2.33 bits per heavy atom. The standard InChI is InChI=1S/C19H21N3O4S/c1-15-5-7-18(8-6-15)27(25,26)20-17-4-2-3-16(13-17)19(24)22-11-9-21(14-23)10-12-22/h2-8,13-14,20H,9-12H2,1H3. The van der Waals surface area contributed by atoms with Crippen molar-refractivity contribution in [2.45, 2.75) is 11.8 Å². The van der Waals surface area contributed by atoms with Crippen molar-refractivity contribution in [1.29, 1.82) is 0 Å². The van der Waals surface area contributed by atoms with Crippen molar-refractivity contribution in [2.75, 3.05) is 30.9 Å². The van der Waals surface area contributed by atoms with Gasteiger partial charge < -0.3 is 9.80 Å². The van der Waals surface area contributed by atoms with Gasteiger partial charge in [-0.2, -0.15) is 0 Å². The fraction of sp³-hybridized carbons (Fsp3) is 0.263.